The van der Waals surface area contributed by atoms with Gasteiger partial charge in [-0.3, -0.25) is 9.59 Å². The van der Waals surface area contributed by atoms with E-state index in [1.54, 1.807) is 0 Å². The third-order valence-corrected chi connectivity index (χ3v) is 3.90. The first-order valence-corrected chi connectivity index (χ1v) is 7.26. The third-order valence-electron chi connectivity index (χ3n) is 3.90. The molecule has 0 aromatic carbocycles. The van der Waals surface area contributed by atoms with Gasteiger partial charge in [0.1, 0.15) is 0 Å². The summed E-state index contributed by atoms with van der Waals surface area (Å²) in [5.74, 6) is -2.05. The second kappa shape index (κ2) is 6.71. The lowest BCUT2D eigenvalue weighted by Crippen LogP contribution is -2.49. The number of rotatable bonds is 2. The first-order valence-electron chi connectivity index (χ1n) is 7.26. The molecule has 7 heteroatoms. The van der Waals surface area contributed by atoms with Gasteiger partial charge in [0.05, 0.1) is 0 Å². The molecule has 1 heterocycles. The minimum absolute atomic E-state index is 0.00522. The van der Waals surface area contributed by atoms with Crippen LogP contribution in [0.3, 0.4) is 0 Å². The van der Waals surface area contributed by atoms with Crippen molar-refractivity contribution in [2.45, 2.75) is 52.8 Å². The van der Waals surface area contributed by atoms with Crippen molar-refractivity contribution in [2.24, 2.45) is 5.41 Å². The smallest absolute Gasteiger partial charge is 0.350 e. The van der Waals surface area contributed by atoms with Crippen LogP contribution in [0.15, 0.2) is 11.6 Å². The highest BCUT2D eigenvalue weighted by atomic mass is 19.4. The van der Waals surface area contributed by atoms with Crippen molar-refractivity contribution in [3.8, 4) is 0 Å². The van der Waals surface area contributed by atoms with E-state index in [9.17, 15) is 22.8 Å². The van der Waals surface area contributed by atoms with Crippen LogP contribution in [0.4, 0.5) is 13.2 Å². The molecule has 0 saturated carbocycles. The highest BCUT2D eigenvalue weighted by Crippen LogP contribution is 2.24. The normalized spacial score (nSPS) is 18.3. The molecule has 1 fully saturated rings. The summed E-state index contributed by atoms with van der Waals surface area (Å²) < 4.78 is 37.0. The second-order valence-electron chi connectivity index (χ2n) is 6.65. The van der Waals surface area contributed by atoms with Crippen LogP contribution in [0.1, 0.15) is 40.5 Å². The van der Waals surface area contributed by atoms with E-state index in [4.69, 9.17) is 0 Å². The van der Waals surface area contributed by atoms with Crippen molar-refractivity contribution in [2.75, 3.05) is 13.1 Å². The van der Waals surface area contributed by atoms with Gasteiger partial charge in [0.2, 0.25) is 5.91 Å². The monoisotopic (exact) mass is 320 g/mol. The van der Waals surface area contributed by atoms with Crippen LogP contribution >= 0.6 is 0 Å². The van der Waals surface area contributed by atoms with Crippen molar-refractivity contribution < 1.29 is 22.8 Å². The van der Waals surface area contributed by atoms with Crippen molar-refractivity contribution in [1.82, 2.24) is 10.2 Å². The van der Waals surface area contributed by atoms with Gasteiger partial charge in [0.25, 0.3) is 0 Å². The van der Waals surface area contributed by atoms with Gasteiger partial charge in [-0.1, -0.05) is 26.3 Å². The zero-order chi connectivity index (χ0) is 17.1. The summed E-state index contributed by atoms with van der Waals surface area (Å²) in [7, 11) is 0. The highest BCUT2D eigenvalue weighted by molar-refractivity contribution is 5.88. The number of halogens is 3. The third kappa shape index (κ3) is 5.35. The molecule has 126 valence electrons. The van der Waals surface area contributed by atoms with E-state index in [-0.39, 0.29) is 30.5 Å². The number of nitrogens with one attached hydrogen (secondary N) is 1. The molecular formula is C15H23F3N2O2. The maximum Gasteiger partial charge on any atom is 0.471 e. The van der Waals surface area contributed by atoms with Gasteiger partial charge in [0, 0.05) is 25.2 Å². The standard InChI is InChI=1S/C15H23F3N2O2/c1-10(14(2,3)4)9-12(21)19-11-5-7-20(8-6-11)13(22)15(16,17)18/h9,11H,5-8H2,1-4H3,(H,19,21)/b10-9+. The molecule has 1 rings (SSSR count). The molecule has 0 aromatic heterocycles. The Kier molecular flexibility index (Phi) is 5.65. The van der Waals surface area contributed by atoms with Crippen LogP contribution < -0.4 is 5.32 Å². The van der Waals surface area contributed by atoms with Gasteiger partial charge in [-0.05, 0) is 25.2 Å². The molecule has 1 N–H and O–H groups in total. The number of hydrogen-bond acceptors (Lipinski definition) is 2. The first kappa shape index (κ1) is 18.5. The Morgan fingerprint density at radius 2 is 1.64 bits per heavy atom. The van der Waals surface area contributed by atoms with E-state index < -0.39 is 12.1 Å². The van der Waals surface area contributed by atoms with Crippen LogP contribution in [0.5, 0.6) is 0 Å². The minimum atomic E-state index is -4.83. The number of piperidine rings is 1. The van der Waals surface area contributed by atoms with Gasteiger partial charge in [-0.25, -0.2) is 0 Å². The van der Waals surface area contributed by atoms with Crippen LogP contribution in [-0.4, -0.2) is 42.0 Å². The highest BCUT2D eigenvalue weighted by Gasteiger charge is 2.43. The number of amides is 2. The Balaban J connectivity index is 2.50. The van der Waals surface area contributed by atoms with Gasteiger partial charge in [-0.15, -0.1) is 0 Å². The van der Waals surface area contributed by atoms with E-state index in [0.29, 0.717) is 12.8 Å². The largest absolute Gasteiger partial charge is 0.471 e. The molecule has 1 aliphatic heterocycles. The molecular weight excluding hydrogens is 297 g/mol. The van der Waals surface area contributed by atoms with Crippen molar-refractivity contribution >= 4 is 11.8 Å². The summed E-state index contributed by atoms with van der Waals surface area (Å²) >= 11 is 0. The Morgan fingerprint density at radius 1 is 1.14 bits per heavy atom. The molecule has 0 bridgehead atoms. The quantitative estimate of drug-likeness (QED) is 0.795. The summed E-state index contributed by atoms with van der Waals surface area (Å²) in [5.41, 5.74) is 0.814. The minimum Gasteiger partial charge on any atom is -0.350 e. The SMILES string of the molecule is C/C(=C\C(=O)NC1CCN(C(=O)C(F)(F)F)CC1)C(C)(C)C. The molecule has 22 heavy (non-hydrogen) atoms. The van der Waals surface area contributed by atoms with Crippen molar-refractivity contribution in [1.29, 1.82) is 0 Å². The fourth-order valence-corrected chi connectivity index (χ4v) is 2.06. The predicted molar refractivity (Wildman–Crippen MR) is 77.0 cm³/mol. The first-order chi connectivity index (χ1) is 9.91. The Morgan fingerprint density at radius 3 is 2.05 bits per heavy atom. The van der Waals surface area contributed by atoms with Crippen LogP contribution in [0, 0.1) is 5.41 Å². The van der Waals surface area contributed by atoms with E-state index in [0.717, 1.165) is 10.5 Å². The number of alkyl halides is 3. The molecule has 0 aromatic rings. The van der Waals surface area contributed by atoms with Crippen LogP contribution in [-0.2, 0) is 9.59 Å². The second-order valence-corrected chi connectivity index (χ2v) is 6.65. The molecule has 0 atom stereocenters. The lowest BCUT2D eigenvalue weighted by Gasteiger charge is -2.32. The topological polar surface area (TPSA) is 49.4 Å². The fourth-order valence-electron chi connectivity index (χ4n) is 2.06. The number of hydrogen-bond donors (Lipinski definition) is 1. The molecule has 1 saturated heterocycles. The van der Waals surface area contributed by atoms with Gasteiger partial charge in [0.15, 0.2) is 0 Å². The molecule has 0 spiro atoms. The van der Waals surface area contributed by atoms with Gasteiger partial charge < -0.3 is 10.2 Å². The fraction of sp³-hybridized carbons (Fsp3) is 0.733. The van der Waals surface area contributed by atoms with E-state index in [1.807, 2.05) is 27.7 Å². The zero-order valence-corrected chi connectivity index (χ0v) is 13.4. The molecule has 0 aliphatic carbocycles. The summed E-state index contributed by atoms with van der Waals surface area (Å²) in [4.78, 5) is 23.8. The average molecular weight is 320 g/mol. The molecule has 0 unspecified atom stereocenters. The summed E-state index contributed by atoms with van der Waals surface area (Å²) in [6.45, 7) is 7.86. The summed E-state index contributed by atoms with van der Waals surface area (Å²) in [6, 6.07) is -0.200. The number of nitrogens with zero attached hydrogens (tertiary/aromatic N) is 1. The van der Waals surface area contributed by atoms with Crippen molar-refractivity contribution in [3.63, 3.8) is 0 Å². The summed E-state index contributed by atoms with van der Waals surface area (Å²) in [5, 5.41) is 2.79. The lowest BCUT2D eigenvalue weighted by molar-refractivity contribution is -0.186. The Hall–Kier alpha value is -1.53. The van der Waals surface area contributed by atoms with E-state index >= 15 is 0 Å². The number of likely N-dealkylation sites (tertiary alicyclic amines) is 1. The predicted octanol–water partition coefficient (Wildman–Crippen LogP) is 2.65. The molecule has 0 radical (unpaired) electrons. The summed E-state index contributed by atoms with van der Waals surface area (Å²) in [6.07, 6.45) is -2.65. The van der Waals surface area contributed by atoms with E-state index in [2.05, 4.69) is 5.32 Å². The van der Waals surface area contributed by atoms with E-state index in [1.165, 1.54) is 6.08 Å². The van der Waals surface area contributed by atoms with Crippen LogP contribution in [0.25, 0.3) is 0 Å². The molecule has 2 amide bonds. The van der Waals surface area contributed by atoms with Crippen molar-refractivity contribution in [3.05, 3.63) is 11.6 Å². The Bertz CT molecular complexity index is 456. The molecule has 1 aliphatic rings. The molecule has 4 nitrogen and oxygen atoms in total. The van der Waals surface area contributed by atoms with Gasteiger partial charge >= 0.3 is 12.1 Å². The maximum atomic E-state index is 12.3. The number of carbonyl (C=O) groups excluding carboxylic acids is 2. The van der Waals surface area contributed by atoms with Gasteiger partial charge in [-0.2, -0.15) is 13.2 Å². The Labute approximate surface area is 128 Å². The zero-order valence-electron chi connectivity index (χ0n) is 13.4. The maximum absolute atomic E-state index is 12.3. The number of carbonyl (C=O) groups is 2. The average Bonchev–Trinajstić information content (AvgIpc) is 2.36. The van der Waals surface area contributed by atoms with Crippen LogP contribution in [0.2, 0.25) is 0 Å². The lowest BCUT2D eigenvalue weighted by atomic mass is 9.87. The number of allylic oxidation sites excluding steroid dienone is 1.